The van der Waals surface area contributed by atoms with Crippen LogP contribution in [0, 0.1) is 6.92 Å². The van der Waals surface area contributed by atoms with Crippen molar-refractivity contribution in [3.63, 3.8) is 0 Å². The minimum atomic E-state index is -4.55. The zero-order chi connectivity index (χ0) is 22.1. The lowest BCUT2D eigenvalue weighted by atomic mass is 10.1. The topological polar surface area (TPSA) is 99.5 Å². The molecule has 3 N–H and O–H groups in total. The van der Waals surface area contributed by atoms with Crippen LogP contribution in [0.25, 0.3) is 5.69 Å². The van der Waals surface area contributed by atoms with E-state index in [9.17, 15) is 27.9 Å². The van der Waals surface area contributed by atoms with Crippen molar-refractivity contribution in [1.29, 1.82) is 0 Å². The Bertz CT molecular complexity index is 1190. The number of H-pyrrole nitrogens is 1. The van der Waals surface area contributed by atoms with Gasteiger partial charge < -0.3 is 5.11 Å². The van der Waals surface area contributed by atoms with Gasteiger partial charge in [-0.3, -0.25) is 14.7 Å². The SMILES string of the molecule is CC(=NNC(=O)c1ccccc1O)c1c(C)[nH]n(-c2cccc(C(F)(F)F)c2)c1=O. The number of phenols is 1. The van der Waals surface area contributed by atoms with E-state index in [1.165, 1.54) is 31.2 Å². The van der Waals surface area contributed by atoms with E-state index < -0.39 is 23.2 Å². The Morgan fingerprint density at radius 3 is 2.53 bits per heavy atom. The van der Waals surface area contributed by atoms with Crippen LogP contribution in [0.4, 0.5) is 13.2 Å². The number of hydrogen-bond acceptors (Lipinski definition) is 4. The summed E-state index contributed by atoms with van der Waals surface area (Å²) in [5.74, 6) is -0.911. The molecule has 7 nitrogen and oxygen atoms in total. The standard InChI is InChI=1S/C20H17F3N4O3/c1-11(24-25-18(29)15-8-3-4-9-16(15)28)17-12(2)26-27(19(17)30)14-7-5-6-13(10-14)20(21,22)23/h3-10,26,28H,1-2H3,(H,25,29). The number of hydrogen-bond donors (Lipinski definition) is 3. The predicted molar refractivity (Wildman–Crippen MR) is 104 cm³/mol. The maximum Gasteiger partial charge on any atom is 0.416 e. The highest BCUT2D eigenvalue weighted by molar-refractivity contribution is 6.02. The van der Waals surface area contributed by atoms with Gasteiger partial charge in [0.15, 0.2) is 0 Å². The molecule has 0 unspecified atom stereocenters. The molecule has 0 fully saturated rings. The summed E-state index contributed by atoms with van der Waals surface area (Å²) in [5.41, 5.74) is 1.35. The average molecular weight is 418 g/mol. The molecular formula is C20H17F3N4O3. The first-order valence-corrected chi connectivity index (χ1v) is 8.72. The third kappa shape index (κ3) is 4.12. The number of nitrogens with zero attached hydrogens (tertiary/aromatic N) is 2. The van der Waals surface area contributed by atoms with E-state index in [1.54, 1.807) is 19.1 Å². The van der Waals surface area contributed by atoms with E-state index in [0.29, 0.717) is 5.69 Å². The third-order valence-corrected chi connectivity index (χ3v) is 4.34. The molecule has 2 aromatic carbocycles. The first kappa shape index (κ1) is 20.9. The molecular weight excluding hydrogens is 401 g/mol. The lowest BCUT2D eigenvalue weighted by Gasteiger charge is -2.08. The fourth-order valence-electron chi connectivity index (χ4n) is 2.89. The number of aromatic amines is 1. The second-order valence-electron chi connectivity index (χ2n) is 6.46. The lowest BCUT2D eigenvalue weighted by Crippen LogP contribution is -2.23. The smallest absolute Gasteiger partial charge is 0.416 e. The highest BCUT2D eigenvalue weighted by Crippen LogP contribution is 2.30. The van der Waals surface area contributed by atoms with Gasteiger partial charge in [-0.2, -0.15) is 18.3 Å². The lowest BCUT2D eigenvalue weighted by molar-refractivity contribution is -0.137. The van der Waals surface area contributed by atoms with Crippen LogP contribution in [0.5, 0.6) is 5.75 Å². The van der Waals surface area contributed by atoms with E-state index in [4.69, 9.17) is 0 Å². The van der Waals surface area contributed by atoms with Gasteiger partial charge >= 0.3 is 6.18 Å². The maximum atomic E-state index is 13.0. The molecule has 1 heterocycles. The third-order valence-electron chi connectivity index (χ3n) is 4.34. The van der Waals surface area contributed by atoms with Gasteiger partial charge in [0.05, 0.1) is 28.1 Å². The highest BCUT2D eigenvalue weighted by atomic mass is 19.4. The van der Waals surface area contributed by atoms with Crippen molar-refractivity contribution in [1.82, 2.24) is 15.2 Å². The number of aryl methyl sites for hydroxylation is 1. The minimum absolute atomic E-state index is 0.00113. The van der Waals surface area contributed by atoms with Crippen LogP contribution in [0.3, 0.4) is 0 Å². The van der Waals surface area contributed by atoms with Gasteiger partial charge in [-0.1, -0.05) is 18.2 Å². The number of aromatic nitrogens is 2. The Morgan fingerprint density at radius 1 is 1.17 bits per heavy atom. The van der Waals surface area contributed by atoms with Crippen LogP contribution in [-0.2, 0) is 6.18 Å². The monoisotopic (exact) mass is 418 g/mol. The Labute approximate surface area is 168 Å². The summed E-state index contributed by atoms with van der Waals surface area (Å²) in [6.45, 7) is 3.03. The number of amides is 1. The number of benzene rings is 2. The molecule has 0 aliphatic heterocycles. The molecule has 3 rings (SSSR count). The second kappa shape index (κ2) is 7.90. The number of alkyl halides is 3. The largest absolute Gasteiger partial charge is 0.507 e. The van der Waals surface area contributed by atoms with Crippen molar-refractivity contribution in [2.24, 2.45) is 5.10 Å². The van der Waals surface area contributed by atoms with Crippen LogP contribution in [-0.4, -0.2) is 26.5 Å². The maximum absolute atomic E-state index is 13.0. The van der Waals surface area contributed by atoms with Gasteiger partial charge in [-0.25, -0.2) is 10.1 Å². The number of carbonyl (C=O) groups is 1. The number of halogens is 3. The molecule has 0 saturated carbocycles. The molecule has 0 bridgehead atoms. The van der Waals surface area contributed by atoms with E-state index in [-0.39, 0.29) is 28.3 Å². The summed E-state index contributed by atoms with van der Waals surface area (Å²) in [6, 6.07) is 10.2. The Kier molecular flexibility index (Phi) is 5.50. The van der Waals surface area contributed by atoms with E-state index >= 15 is 0 Å². The summed E-state index contributed by atoms with van der Waals surface area (Å²) >= 11 is 0. The fourth-order valence-corrected chi connectivity index (χ4v) is 2.89. The highest BCUT2D eigenvalue weighted by Gasteiger charge is 2.30. The summed E-state index contributed by atoms with van der Waals surface area (Å²) in [5, 5.41) is 16.3. The van der Waals surface area contributed by atoms with E-state index in [2.05, 4.69) is 15.6 Å². The van der Waals surface area contributed by atoms with Crippen LogP contribution >= 0.6 is 0 Å². The molecule has 10 heteroatoms. The first-order valence-electron chi connectivity index (χ1n) is 8.72. The molecule has 0 atom stereocenters. The van der Waals surface area contributed by atoms with Gasteiger partial charge in [0.1, 0.15) is 5.75 Å². The number of para-hydroxylation sites is 1. The number of carbonyl (C=O) groups excluding carboxylic acids is 1. The quantitative estimate of drug-likeness (QED) is 0.448. The Morgan fingerprint density at radius 2 is 1.87 bits per heavy atom. The Hall–Kier alpha value is -3.82. The number of hydrazone groups is 1. The van der Waals surface area contributed by atoms with Gasteiger partial charge in [0.2, 0.25) is 0 Å². The molecule has 1 aromatic heterocycles. The van der Waals surface area contributed by atoms with Crippen molar-refractivity contribution in [3.8, 4) is 11.4 Å². The van der Waals surface area contributed by atoms with Crippen LogP contribution in [0.1, 0.15) is 34.1 Å². The van der Waals surface area contributed by atoms with Gasteiger partial charge in [-0.15, -0.1) is 0 Å². The number of phenolic OH excluding ortho intramolecular Hbond substituents is 1. The van der Waals surface area contributed by atoms with Crippen LogP contribution < -0.4 is 11.0 Å². The summed E-state index contributed by atoms with van der Waals surface area (Å²) in [6.07, 6.45) is -4.55. The summed E-state index contributed by atoms with van der Waals surface area (Å²) < 4.78 is 39.9. The molecule has 0 aliphatic carbocycles. The number of aromatic hydroxyl groups is 1. The minimum Gasteiger partial charge on any atom is -0.507 e. The number of rotatable bonds is 4. The van der Waals surface area contributed by atoms with Crippen LogP contribution in [0.15, 0.2) is 58.4 Å². The average Bonchev–Trinajstić information content (AvgIpc) is 3.00. The van der Waals surface area contributed by atoms with Crippen LogP contribution in [0.2, 0.25) is 0 Å². The van der Waals surface area contributed by atoms with Gasteiger partial charge in [-0.05, 0) is 44.2 Å². The molecule has 30 heavy (non-hydrogen) atoms. The first-order chi connectivity index (χ1) is 14.1. The second-order valence-corrected chi connectivity index (χ2v) is 6.46. The summed E-state index contributed by atoms with van der Waals surface area (Å²) in [7, 11) is 0. The normalized spacial score (nSPS) is 12.1. The molecule has 0 saturated heterocycles. The molecule has 3 aromatic rings. The predicted octanol–water partition coefficient (Wildman–Crippen LogP) is 3.35. The zero-order valence-corrected chi connectivity index (χ0v) is 15.9. The van der Waals surface area contributed by atoms with E-state index in [0.717, 1.165) is 16.8 Å². The van der Waals surface area contributed by atoms with Gasteiger partial charge in [0.25, 0.3) is 11.5 Å². The van der Waals surface area contributed by atoms with Gasteiger partial charge in [0, 0.05) is 5.69 Å². The zero-order valence-electron chi connectivity index (χ0n) is 15.9. The van der Waals surface area contributed by atoms with Crippen molar-refractivity contribution in [3.05, 3.63) is 81.3 Å². The molecule has 0 radical (unpaired) electrons. The van der Waals surface area contributed by atoms with E-state index in [1.807, 2.05) is 0 Å². The van der Waals surface area contributed by atoms with Crippen molar-refractivity contribution in [2.45, 2.75) is 20.0 Å². The molecule has 0 aliphatic rings. The van der Waals surface area contributed by atoms with Crippen molar-refractivity contribution < 1.29 is 23.1 Å². The summed E-state index contributed by atoms with van der Waals surface area (Å²) in [4.78, 5) is 24.9. The molecule has 156 valence electrons. The Balaban J connectivity index is 1.92. The molecule has 1 amide bonds. The van der Waals surface area contributed by atoms with Crippen molar-refractivity contribution in [2.75, 3.05) is 0 Å². The molecule has 0 spiro atoms. The van der Waals surface area contributed by atoms with Crippen molar-refractivity contribution >= 4 is 11.6 Å². The number of nitrogens with one attached hydrogen (secondary N) is 2. The fraction of sp³-hybridized carbons (Fsp3) is 0.150.